The molecule has 1 amide bonds. The maximum absolute atomic E-state index is 12.2. The quantitative estimate of drug-likeness (QED) is 0.538. The average molecular weight is 453 g/mol. The topological polar surface area (TPSA) is 80.5 Å². The van der Waals surface area contributed by atoms with Crippen LogP contribution in [-0.4, -0.2) is 41.1 Å². The Labute approximate surface area is 192 Å². The normalized spacial score (nSPS) is 14.1. The van der Waals surface area contributed by atoms with Crippen LogP contribution >= 0.6 is 11.6 Å². The molecular formula is C24H25ClN4O3. The largest absolute Gasteiger partial charge is 0.497 e. The molecule has 0 atom stereocenters. The van der Waals surface area contributed by atoms with Crippen LogP contribution in [0, 0.1) is 0 Å². The molecule has 0 saturated heterocycles. The van der Waals surface area contributed by atoms with E-state index in [4.69, 9.17) is 20.9 Å². The highest BCUT2D eigenvalue weighted by Crippen LogP contribution is 2.22. The Kier molecular flexibility index (Phi) is 7.19. The van der Waals surface area contributed by atoms with Crippen molar-refractivity contribution in [1.29, 1.82) is 0 Å². The summed E-state index contributed by atoms with van der Waals surface area (Å²) in [4.78, 5) is 19.0. The summed E-state index contributed by atoms with van der Waals surface area (Å²) in [6.07, 6.45) is 3.65. The number of benzene rings is 2. The summed E-state index contributed by atoms with van der Waals surface area (Å²) in [7, 11) is 1.60. The molecule has 8 heteroatoms. The lowest BCUT2D eigenvalue weighted by Gasteiger charge is -2.25. The minimum Gasteiger partial charge on any atom is -0.497 e. The number of nitrogens with one attached hydrogen (secondary N) is 1. The molecule has 0 spiro atoms. The van der Waals surface area contributed by atoms with E-state index in [1.165, 1.54) is 5.56 Å². The Balaban J connectivity index is 1.25. The van der Waals surface area contributed by atoms with Crippen LogP contribution in [-0.2, 0) is 17.8 Å². The van der Waals surface area contributed by atoms with Gasteiger partial charge >= 0.3 is 0 Å². The van der Waals surface area contributed by atoms with Crippen LogP contribution in [0.5, 0.6) is 5.75 Å². The van der Waals surface area contributed by atoms with E-state index >= 15 is 0 Å². The highest BCUT2D eigenvalue weighted by molar-refractivity contribution is 6.30. The van der Waals surface area contributed by atoms with Crippen LogP contribution in [0.1, 0.15) is 30.1 Å². The molecule has 1 N–H and O–H groups in total. The number of ether oxygens (including phenoxy) is 1. The molecule has 0 fully saturated rings. The van der Waals surface area contributed by atoms with Crippen molar-refractivity contribution in [2.24, 2.45) is 0 Å². The van der Waals surface area contributed by atoms with Crippen LogP contribution in [0.2, 0.25) is 5.02 Å². The number of halogens is 1. The predicted molar refractivity (Wildman–Crippen MR) is 124 cm³/mol. The number of nitrogens with zero attached hydrogens (tertiary/aromatic N) is 3. The summed E-state index contributed by atoms with van der Waals surface area (Å²) in [6.45, 7) is 2.62. The molecule has 0 unspecified atom stereocenters. The van der Waals surface area contributed by atoms with Crippen molar-refractivity contribution < 1.29 is 14.1 Å². The van der Waals surface area contributed by atoms with E-state index in [1.54, 1.807) is 31.4 Å². The van der Waals surface area contributed by atoms with Crippen molar-refractivity contribution in [2.45, 2.75) is 25.8 Å². The van der Waals surface area contributed by atoms with Gasteiger partial charge in [-0.05, 0) is 54.0 Å². The predicted octanol–water partition coefficient (Wildman–Crippen LogP) is 4.59. The lowest BCUT2D eigenvalue weighted by atomic mass is 10.1. The van der Waals surface area contributed by atoms with Gasteiger partial charge in [0.05, 0.1) is 7.11 Å². The number of rotatable bonds is 8. The number of amides is 1. The second kappa shape index (κ2) is 10.4. The van der Waals surface area contributed by atoms with Gasteiger partial charge in [-0.3, -0.25) is 9.69 Å². The second-order valence-corrected chi connectivity index (χ2v) is 8.07. The Hall–Kier alpha value is -3.16. The Morgan fingerprint density at radius 3 is 2.66 bits per heavy atom. The minimum absolute atomic E-state index is 0.107. The summed E-state index contributed by atoms with van der Waals surface area (Å²) in [5, 5.41) is 7.71. The number of hydrogen-bond donors (Lipinski definition) is 1. The molecule has 0 aliphatic carbocycles. The fourth-order valence-corrected chi connectivity index (χ4v) is 3.64. The Morgan fingerprint density at radius 2 is 1.97 bits per heavy atom. The molecule has 2 heterocycles. The summed E-state index contributed by atoms with van der Waals surface area (Å²) in [5.74, 6) is 1.72. The molecule has 3 aromatic rings. The van der Waals surface area contributed by atoms with E-state index < -0.39 is 0 Å². The molecule has 1 aliphatic rings. The Bertz CT molecular complexity index is 1080. The number of carbonyl (C=O) groups is 1. The lowest BCUT2D eigenvalue weighted by Crippen LogP contribution is -2.28. The third-order valence-electron chi connectivity index (χ3n) is 5.31. The van der Waals surface area contributed by atoms with Crippen LogP contribution < -0.4 is 10.1 Å². The molecule has 4 rings (SSSR count). The molecule has 0 radical (unpaired) electrons. The maximum Gasteiger partial charge on any atom is 0.227 e. The van der Waals surface area contributed by atoms with Crippen molar-refractivity contribution in [3.8, 4) is 5.75 Å². The first kappa shape index (κ1) is 22.0. The smallest absolute Gasteiger partial charge is 0.227 e. The number of aromatic nitrogens is 2. The van der Waals surface area contributed by atoms with Gasteiger partial charge in [0.2, 0.25) is 11.8 Å². The van der Waals surface area contributed by atoms with E-state index in [1.807, 2.05) is 12.1 Å². The van der Waals surface area contributed by atoms with Crippen LogP contribution in [0.4, 0.5) is 5.69 Å². The average Bonchev–Trinajstić information content (AvgIpc) is 3.29. The van der Waals surface area contributed by atoms with Crippen molar-refractivity contribution in [3.05, 3.63) is 76.9 Å². The zero-order valence-corrected chi connectivity index (χ0v) is 18.6. The summed E-state index contributed by atoms with van der Waals surface area (Å²) < 4.78 is 10.5. The summed E-state index contributed by atoms with van der Waals surface area (Å²) >= 11 is 5.96. The zero-order chi connectivity index (χ0) is 22.3. The number of methoxy groups -OCH3 is 1. The minimum atomic E-state index is -0.107. The second-order valence-electron chi connectivity index (χ2n) is 7.63. The van der Waals surface area contributed by atoms with Gasteiger partial charge in [0.1, 0.15) is 5.75 Å². The number of anilines is 1. The van der Waals surface area contributed by atoms with Crippen LogP contribution in [0.3, 0.4) is 0 Å². The van der Waals surface area contributed by atoms with Crippen molar-refractivity contribution in [3.63, 3.8) is 0 Å². The molecule has 32 heavy (non-hydrogen) atoms. The molecule has 1 aromatic heterocycles. The molecule has 7 nitrogen and oxygen atoms in total. The first-order valence-corrected chi connectivity index (χ1v) is 10.9. The van der Waals surface area contributed by atoms with Gasteiger partial charge in [0.25, 0.3) is 0 Å². The summed E-state index contributed by atoms with van der Waals surface area (Å²) in [6, 6.07) is 15.1. The highest BCUT2D eigenvalue weighted by atomic mass is 35.5. The monoisotopic (exact) mass is 452 g/mol. The molecule has 2 aromatic carbocycles. The number of carbonyl (C=O) groups excluding carboxylic acids is 1. The first-order chi connectivity index (χ1) is 15.6. The fraction of sp³-hybridized carbons (Fsp3) is 0.292. The summed E-state index contributed by atoms with van der Waals surface area (Å²) in [5.41, 5.74) is 3.04. The number of hydrogen-bond acceptors (Lipinski definition) is 6. The van der Waals surface area contributed by atoms with E-state index in [0.29, 0.717) is 18.1 Å². The van der Waals surface area contributed by atoms with E-state index in [9.17, 15) is 4.79 Å². The molecule has 166 valence electrons. The Morgan fingerprint density at radius 1 is 1.19 bits per heavy atom. The van der Waals surface area contributed by atoms with E-state index in [0.717, 1.165) is 48.1 Å². The van der Waals surface area contributed by atoms with Gasteiger partial charge in [-0.1, -0.05) is 35.0 Å². The third-order valence-corrected chi connectivity index (χ3v) is 5.56. The van der Waals surface area contributed by atoms with Crippen molar-refractivity contribution >= 4 is 28.8 Å². The van der Waals surface area contributed by atoms with Gasteiger partial charge in [-0.25, -0.2) is 0 Å². The number of aryl methyl sites for hydroxylation is 1. The van der Waals surface area contributed by atoms with Gasteiger partial charge in [0, 0.05) is 43.2 Å². The van der Waals surface area contributed by atoms with Gasteiger partial charge in [0.15, 0.2) is 5.82 Å². The zero-order valence-electron chi connectivity index (χ0n) is 17.9. The van der Waals surface area contributed by atoms with Gasteiger partial charge in [-0.15, -0.1) is 0 Å². The van der Waals surface area contributed by atoms with E-state index in [-0.39, 0.29) is 12.3 Å². The maximum atomic E-state index is 12.2. The molecular weight excluding hydrogens is 428 g/mol. The standard InChI is InChI=1S/C24H25ClN4O3/c1-31-21-8-6-20(7-9-21)26-22(30)10-11-23-27-24(28-32-23)18-12-14-29(15-13-18)16-17-2-4-19(25)5-3-17/h2-9,12H,10-11,13-16H2,1H3,(H,26,30). The van der Waals surface area contributed by atoms with Gasteiger partial charge < -0.3 is 14.6 Å². The lowest BCUT2D eigenvalue weighted by molar-refractivity contribution is -0.116. The molecule has 0 bridgehead atoms. The third kappa shape index (κ3) is 5.96. The van der Waals surface area contributed by atoms with Crippen molar-refractivity contribution in [2.75, 3.05) is 25.5 Å². The van der Waals surface area contributed by atoms with Crippen LogP contribution in [0.15, 0.2) is 59.1 Å². The van der Waals surface area contributed by atoms with E-state index in [2.05, 4.69) is 38.6 Å². The fourth-order valence-electron chi connectivity index (χ4n) is 3.51. The highest BCUT2D eigenvalue weighted by Gasteiger charge is 2.18. The molecule has 0 saturated carbocycles. The van der Waals surface area contributed by atoms with Gasteiger partial charge in [-0.2, -0.15) is 4.98 Å². The first-order valence-electron chi connectivity index (χ1n) is 10.5. The van der Waals surface area contributed by atoms with Crippen LogP contribution in [0.25, 0.3) is 5.57 Å². The van der Waals surface area contributed by atoms with Crippen molar-refractivity contribution in [1.82, 2.24) is 15.0 Å². The molecule has 1 aliphatic heterocycles. The SMILES string of the molecule is COc1ccc(NC(=O)CCc2nc(C3=CCN(Cc4ccc(Cl)cc4)CC3)no2)cc1.